The number of nitrogens with one attached hydrogen (secondary N) is 1. The summed E-state index contributed by atoms with van der Waals surface area (Å²) in [5, 5.41) is 3.57. The van der Waals surface area contributed by atoms with Crippen LogP contribution < -0.4 is 5.32 Å². The summed E-state index contributed by atoms with van der Waals surface area (Å²) in [6.45, 7) is 11.4. The zero-order chi connectivity index (χ0) is 13.4. The van der Waals surface area contributed by atoms with Gasteiger partial charge in [0.2, 0.25) is 0 Å². The zero-order valence-corrected chi connectivity index (χ0v) is 12.5. The predicted molar refractivity (Wildman–Crippen MR) is 81.0 cm³/mol. The van der Waals surface area contributed by atoms with Gasteiger partial charge in [0.15, 0.2) is 0 Å². The van der Waals surface area contributed by atoms with Gasteiger partial charge < -0.3 is 5.32 Å². The fourth-order valence-corrected chi connectivity index (χ4v) is 2.17. The summed E-state index contributed by atoms with van der Waals surface area (Å²) >= 11 is 0. The van der Waals surface area contributed by atoms with E-state index in [4.69, 9.17) is 0 Å². The fraction of sp³-hybridized carbons (Fsp3) is 0.647. The van der Waals surface area contributed by atoms with Crippen LogP contribution in [0.2, 0.25) is 0 Å². The molecule has 0 aliphatic carbocycles. The van der Waals surface area contributed by atoms with E-state index in [2.05, 4.69) is 63.3 Å². The summed E-state index contributed by atoms with van der Waals surface area (Å²) in [4.78, 5) is 0. The molecule has 0 aliphatic heterocycles. The average molecular weight is 247 g/mol. The number of hydrogen-bond donors (Lipinski definition) is 1. The van der Waals surface area contributed by atoms with Crippen LogP contribution in [0.5, 0.6) is 0 Å². The summed E-state index contributed by atoms with van der Waals surface area (Å²) in [5.41, 5.74) is 1.91. The molecule has 0 aliphatic rings. The molecule has 1 N–H and O–H groups in total. The van der Waals surface area contributed by atoms with Crippen molar-refractivity contribution in [2.24, 2.45) is 5.41 Å². The lowest BCUT2D eigenvalue weighted by Gasteiger charge is -2.24. The summed E-state index contributed by atoms with van der Waals surface area (Å²) in [7, 11) is 0. The molecule has 1 nitrogen and oxygen atoms in total. The van der Waals surface area contributed by atoms with Gasteiger partial charge in [-0.15, -0.1) is 0 Å². The van der Waals surface area contributed by atoms with E-state index in [0.717, 1.165) is 13.1 Å². The van der Waals surface area contributed by atoms with E-state index in [1.165, 1.54) is 24.8 Å². The third kappa shape index (κ3) is 6.20. The molecule has 102 valence electrons. The van der Waals surface area contributed by atoms with E-state index in [1.54, 1.807) is 0 Å². The van der Waals surface area contributed by atoms with E-state index in [1.807, 2.05) is 0 Å². The Hall–Kier alpha value is -0.820. The fourth-order valence-electron chi connectivity index (χ4n) is 2.17. The lowest BCUT2D eigenvalue weighted by molar-refractivity contribution is 0.344. The molecule has 0 heterocycles. The lowest BCUT2D eigenvalue weighted by Crippen LogP contribution is -2.23. The first-order valence-electron chi connectivity index (χ1n) is 7.28. The molecule has 0 spiro atoms. The first kappa shape index (κ1) is 15.2. The van der Waals surface area contributed by atoms with Gasteiger partial charge in [-0.2, -0.15) is 0 Å². The Morgan fingerprint density at radius 3 is 2.33 bits per heavy atom. The summed E-state index contributed by atoms with van der Waals surface area (Å²) < 4.78 is 0. The van der Waals surface area contributed by atoms with Gasteiger partial charge in [0.05, 0.1) is 0 Å². The van der Waals surface area contributed by atoms with Gasteiger partial charge in [-0.1, -0.05) is 58.0 Å². The highest BCUT2D eigenvalue weighted by Crippen LogP contribution is 2.28. The van der Waals surface area contributed by atoms with Crippen molar-refractivity contribution in [3.63, 3.8) is 0 Å². The zero-order valence-electron chi connectivity index (χ0n) is 12.5. The Morgan fingerprint density at radius 1 is 1.11 bits per heavy atom. The van der Waals surface area contributed by atoms with Crippen molar-refractivity contribution in [3.8, 4) is 0 Å². The Labute approximate surface area is 113 Å². The molecular formula is C17H29N. The van der Waals surface area contributed by atoms with Crippen LogP contribution in [0, 0.1) is 5.41 Å². The van der Waals surface area contributed by atoms with Crippen molar-refractivity contribution in [1.29, 1.82) is 0 Å². The molecule has 1 rings (SSSR count). The third-order valence-corrected chi connectivity index (χ3v) is 3.33. The van der Waals surface area contributed by atoms with Crippen molar-refractivity contribution in [3.05, 3.63) is 35.9 Å². The van der Waals surface area contributed by atoms with Crippen molar-refractivity contribution in [1.82, 2.24) is 5.32 Å². The summed E-state index contributed by atoms with van der Waals surface area (Å²) in [6, 6.07) is 10.9. The molecular weight excluding hydrogens is 218 g/mol. The van der Waals surface area contributed by atoms with Crippen LogP contribution in [0.3, 0.4) is 0 Å². The van der Waals surface area contributed by atoms with Gasteiger partial charge in [-0.3, -0.25) is 0 Å². The molecule has 1 atom stereocenters. The molecule has 0 saturated heterocycles. The van der Waals surface area contributed by atoms with Crippen LogP contribution in [0.1, 0.15) is 58.4 Å². The van der Waals surface area contributed by atoms with Crippen LogP contribution >= 0.6 is 0 Å². The maximum absolute atomic E-state index is 3.57. The normalized spacial score (nSPS) is 13.6. The molecule has 1 heteroatoms. The molecule has 0 fully saturated rings. The van der Waals surface area contributed by atoms with Gasteiger partial charge in [0.25, 0.3) is 0 Å². The van der Waals surface area contributed by atoms with Crippen LogP contribution in [-0.4, -0.2) is 13.1 Å². The van der Waals surface area contributed by atoms with Crippen molar-refractivity contribution in [2.75, 3.05) is 13.1 Å². The standard InChI is InChI=1S/C17H29N/c1-5-13-18-14-16(11-12-17(2,3)4)15-9-7-6-8-10-15/h6-10,16,18H,5,11-14H2,1-4H3. The van der Waals surface area contributed by atoms with E-state index < -0.39 is 0 Å². The second kappa shape index (κ2) is 7.58. The van der Waals surface area contributed by atoms with E-state index >= 15 is 0 Å². The Balaban J connectivity index is 2.58. The highest BCUT2D eigenvalue weighted by molar-refractivity contribution is 5.19. The summed E-state index contributed by atoms with van der Waals surface area (Å²) in [6.07, 6.45) is 3.76. The summed E-state index contributed by atoms with van der Waals surface area (Å²) in [5.74, 6) is 0.650. The molecule has 1 aromatic rings. The maximum atomic E-state index is 3.57. The molecule has 0 saturated carbocycles. The first-order valence-corrected chi connectivity index (χ1v) is 7.28. The van der Waals surface area contributed by atoms with Crippen LogP contribution in [-0.2, 0) is 0 Å². The quantitative estimate of drug-likeness (QED) is 0.695. The number of benzene rings is 1. The smallest absolute Gasteiger partial charge is 0.00201 e. The Bertz CT molecular complexity index is 310. The first-order chi connectivity index (χ1) is 8.53. The molecule has 1 unspecified atom stereocenters. The molecule has 0 radical (unpaired) electrons. The predicted octanol–water partition coefficient (Wildman–Crippen LogP) is 4.60. The van der Waals surface area contributed by atoms with Gasteiger partial charge in [0, 0.05) is 6.54 Å². The molecule has 1 aromatic carbocycles. The largest absolute Gasteiger partial charge is 0.316 e. The second-order valence-corrected chi connectivity index (χ2v) is 6.41. The highest BCUT2D eigenvalue weighted by Gasteiger charge is 2.16. The second-order valence-electron chi connectivity index (χ2n) is 6.41. The van der Waals surface area contributed by atoms with E-state index in [9.17, 15) is 0 Å². The van der Waals surface area contributed by atoms with Gasteiger partial charge in [-0.05, 0) is 42.7 Å². The van der Waals surface area contributed by atoms with E-state index in [0.29, 0.717) is 11.3 Å². The molecule has 0 bridgehead atoms. The molecule has 18 heavy (non-hydrogen) atoms. The Morgan fingerprint density at radius 2 is 1.78 bits per heavy atom. The minimum absolute atomic E-state index is 0.428. The number of rotatable bonds is 7. The van der Waals surface area contributed by atoms with E-state index in [-0.39, 0.29) is 0 Å². The third-order valence-electron chi connectivity index (χ3n) is 3.33. The number of hydrogen-bond acceptors (Lipinski definition) is 1. The van der Waals surface area contributed by atoms with Crippen molar-refractivity contribution < 1.29 is 0 Å². The van der Waals surface area contributed by atoms with Gasteiger partial charge >= 0.3 is 0 Å². The lowest BCUT2D eigenvalue weighted by atomic mass is 9.84. The van der Waals surface area contributed by atoms with Gasteiger partial charge in [-0.25, -0.2) is 0 Å². The van der Waals surface area contributed by atoms with Gasteiger partial charge in [0.1, 0.15) is 0 Å². The topological polar surface area (TPSA) is 12.0 Å². The molecule has 0 aromatic heterocycles. The Kier molecular flexibility index (Phi) is 6.42. The average Bonchev–Trinajstić information content (AvgIpc) is 2.33. The van der Waals surface area contributed by atoms with Crippen LogP contribution in [0.25, 0.3) is 0 Å². The molecule has 0 amide bonds. The minimum Gasteiger partial charge on any atom is -0.316 e. The van der Waals surface area contributed by atoms with Crippen molar-refractivity contribution in [2.45, 2.75) is 52.9 Å². The maximum Gasteiger partial charge on any atom is 0.00201 e. The van der Waals surface area contributed by atoms with Crippen LogP contribution in [0.15, 0.2) is 30.3 Å². The highest BCUT2D eigenvalue weighted by atomic mass is 14.8. The minimum atomic E-state index is 0.428. The van der Waals surface area contributed by atoms with Crippen molar-refractivity contribution >= 4 is 0 Å². The monoisotopic (exact) mass is 247 g/mol. The van der Waals surface area contributed by atoms with Crippen LogP contribution in [0.4, 0.5) is 0 Å². The SMILES string of the molecule is CCCNCC(CCC(C)(C)C)c1ccccc1.